The molecule has 0 aliphatic carbocycles. The van der Waals surface area contributed by atoms with Gasteiger partial charge in [0.25, 0.3) is 0 Å². The maximum atomic E-state index is 12.8. The van der Waals surface area contributed by atoms with Crippen LogP contribution in [0.15, 0.2) is 30.3 Å². The number of Topliss-reactive ketones (excluding diaryl/α,β-unsaturated/α-hetero) is 1. The van der Waals surface area contributed by atoms with Gasteiger partial charge in [0.1, 0.15) is 0 Å². The van der Waals surface area contributed by atoms with Crippen molar-refractivity contribution in [2.24, 2.45) is 5.73 Å². The van der Waals surface area contributed by atoms with Gasteiger partial charge in [-0.05, 0) is 65.5 Å². The van der Waals surface area contributed by atoms with E-state index in [9.17, 15) is 9.59 Å². The molecule has 5 nitrogen and oxygen atoms in total. The molecule has 2 unspecified atom stereocenters. The van der Waals surface area contributed by atoms with Crippen LogP contribution < -0.4 is 16.4 Å². The lowest BCUT2D eigenvalue weighted by molar-refractivity contribution is -0.128. The summed E-state index contributed by atoms with van der Waals surface area (Å²) < 4.78 is 0. The molecule has 1 rings (SSSR count). The fourth-order valence-corrected chi connectivity index (χ4v) is 2.72. The molecule has 4 N–H and O–H groups in total. The molecule has 0 radical (unpaired) electrons. The molecule has 1 amide bonds. The molecule has 1 aromatic rings. The highest BCUT2D eigenvalue weighted by Gasteiger charge is 2.27. The van der Waals surface area contributed by atoms with Crippen LogP contribution in [-0.4, -0.2) is 35.9 Å². The van der Waals surface area contributed by atoms with E-state index in [2.05, 4.69) is 10.6 Å². The Labute approximate surface area is 151 Å². The summed E-state index contributed by atoms with van der Waals surface area (Å²) in [6, 6.07) is 9.07. The highest BCUT2D eigenvalue weighted by atomic mass is 16.2. The minimum absolute atomic E-state index is 0.0143. The van der Waals surface area contributed by atoms with Gasteiger partial charge in [0.2, 0.25) is 5.91 Å². The van der Waals surface area contributed by atoms with Gasteiger partial charge in [-0.2, -0.15) is 0 Å². The number of carbonyl (C=O) groups excluding carboxylic acids is 2. The summed E-state index contributed by atoms with van der Waals surface area (Å²) in [6.45, 7) is 8.21. The van der Waals surface area contributed by atoms with Crippen molar-refractivity contribution in [2.45, 2.75) is 71.0 Å². The number of carbonyl (C=O) groups is 2. The first-order valence-electron chi connectivity index (χ1n) is 9.05. The Morgan fingerprint density at radius 3 is 2.24 bits per heavy atom. The monoisotopic (exact) mass is 347 g/mol. The molecule has 5 heteroatoms. The normalized spacial score (nSPS) is 14.0. The lowest BCUT2D eigenvalue weighted by Crippen LogP contribution is -2.55. The SMILES string of the molecule is CC(=O)C(CCCCN)NC(=O)C(Cc1ccccc1)NC(C)(C)C. The van der Waals surface area contributed by atoms with Gasteiger partial charge in [0.15, 0.2) is 5.78 Å². The smallest absolute Gasteiger partial charge is 0.238 e. The van der Waals surface area contributed by atoms with Crippen molar-refractivity contribution in [3.8, 4) is 0 Å². The van der Waals surface area contributed by atoms with E-state index in [1.54, 1.807) is 0 Å². The van der Waals surface area contributed by atoms with Gasteiger partial charge >= 0.3 is 0 Å². The Morgan fingerprint density at radius 2 is 1.72 bits per heavy atom. The average Bonchev–Trinajstić information content (AvgIpc) is 2.53. The second-order valence-electron chi connectivity index (χ2n) is 7.59. The Bertz CT molecular complexity index is 538. The summed E-state index contributed by atoms with van der Waals surface area (Å²) in [7, 11) is 0. The first-order valence-corrected chi connectivity index (χ1v) is 9.05. The molecule has 0 spiro atoms. The van der Waals surface area contributed by atoms with Crippen LogP contribution in [0, 0.1) is 0 Å². The van der Waals surface area contributed by atoms with Crippen molar-refractivity contribution in [3.05, 3.63) is 35.9 Å². The van der Waals surface area contributed by atoms with Crippen molar-refractivity contribution in [2.75, 3.05) is 6.54 Å². The predicted octanol–water partition coefficient (Wildman–Crippen LogP) is 2.19. The van der Waals surface area contributed by atoms with Crippen LogP contribution in [0.5, 0.6) is 0 Å². The molecule has 0 fully saturated rings. The fraction of sp³-hybridized carbons (Fsp3) is 0.600. The van der Waals surface area contributed by atoms with Crippen molar-refractivity contribution in [1.29, 1.82) is 0 Å². The number of hydrogen-bond donors (Lipinski definition) is 3. The summed E-state index contributed by atoms with van der Waals surface area (Å²) in [4.78, 5) is 24.7. The van der Waals surface area contributed by atoms with Crippen molar-refractivity contribution < 1.29 is 9.59 Å². The van der Waals surface area contributed by atoms with Crippen LogP contribution in [-0.2, 0) is 16.0 Å². The van der Waals surface area contributed by atoms with E-state index < -0.39 is 12.1 Å². The van der Waals surface area contributed by atoms with Crippen molar-refractivity contribution in [1.82, 2.24) is 10.6 Å². The average molecular weight is 348 g/mol. The van der Waals surface area contributed by atoms with E-state index in [-0.39, 0.29) is 17.2 Å². The van der Waals surface area contributed by atoms with Crippen LogP contribution in [0.1, 0.15) is 52.5 Å². The van der Waals surface area contributed by atoms with Crippen LogP contribution in [0.2, 0.25) is 0 Å². The van der Waals surface area contributed by atoms with Gasteiger partial charge in [-0.3, -0.25) is 9.59 Å². The molecular weight excluding hydrogens is 314 g/mol. The lowest BCUT2D eigenvalue weighted by Gasteiger charge is -2.29. The van der Waals surface area contributed by atoms with Gasteiger partial charge in [0, 0.05) is 5.54 Å². The minimum atomic E-state index is -0.445. The lowest BCUT2D eigenvalue weighted by atomic mass is 9.99. The third-order valence-electron chi connectivity index (χ3n) is 3.96. The Morgan fingerprint density at radius 1 is 1.08 bits per heavy atom. The predicted molar refractivity (Wildman–Crippen MR) is 102 cm³/mol. The second kappa shape index (κ2) is 10.3. The van der Waals surface area contributed by atoms with E-state index in [1.165, 1.54) is 6.92 Å². The molecule has 0 heterocycles. The van der Waals surface area contributed by atoms with E-state index in [1.807, 2.05) is 51.1 Å². The molecule has 140 valence electrons. The summed E-state index contributed by atoms with van der Waals surface area (Å²) >= 11 is 0. The Hall–Kier alpha value is -1.72. The van der Waals surface area contributed by atoms with Gasteiger partial charge in [-0.25, -0.2) is 0 Å². The maximum absolute atomic E-state index is 12.8. The second-order valence-corrected chi connectivity index (χ2v) is 7.59. The fourth-order valence-electron chi connectivity index (χ4n) is 2.72. The van der Waals surface area contributed by atoms with Gasteiger partial charge in [-0.1, -0.05) is 30.3 Å². The minimum Gasteiger partial charge on any atom is -0.345 e. The third-order valence-corrected chi connectivity index (χ3v) is 3.96. The molecule has 0 saturated carbocycles. The zero-order chi connectivity index (χ0) is 18.9. The quantitative estimate of drug-likeness (QED) is 0.567. The molecular formula is C20H33N3O2. The zero-order valence-corrected chi connectivity index (χ0v) is 16.0. The number of nitrogens with one attached hydrogen (secondary N) is 2. The number of rotatable bonds is 10. The van der Waals surface area contributed by atoms with Gasteiger partial charge in [-0.15, -0.1) is 0 Å². The van der Waals surface area contributed by atoms with Crippen LogP contribution in [0.25, 0.3) is 0 Å². The van der Waals surface area contributed by atoms with Crippen LogP contribution in [0.3, 0.4) is 0 Å². The number of benzene rings is 1. The molecule has 0 aliphatic heterocycles. The summed E-state index contributed by atoms with van der Waals surface area (Å²) in [6.07, 6.45) is 2.90. The molecule has 0 saturated heterocycles. The van der Waals surface area contributed by atoms with Gasteiger partial charge in [0.05, 0.1) is 12.1 Å². The molecule has 0 aliphatic rings. The first-order chi connectivity index (χ1) is 11.7. The number of unbranched alkanes of at least 4 members (excludes halogenated alkanes) is 1. The summed E-state index contributed by atoms with van der Waals surface area (Å²) in [5.74, 6) is -0.147. The molecule has 1 aromatic carbocycles. The number of nitrogens with two attached hydrogens (primary N) is 1. The van der Waals surface area contributed by atoms with E-state index >= 15 is 0 Å². The van der Waals surface area contributed by atoms with Crippen LogP contribution in [0.4, 0.5) is 0 Å². The van der Waals surface area contributed by atoms with Gasteiger partial charge < -0.3 is 16.4 Å². The zero-order valence-electron chi connectivity index (χ0n) is 16.0. The van der Waals surface area contributed by atoms with E-state index in [0.717, 1.165) is 18.4 Å². The molecule has 0 aromatic heterocycles. The third kappa shape index (κ3) is 8.79. The molecule has 25 heavy (non-hydrogen) atoms. The summed E-state index contributed by atoms with van der Waals surface area (Å²) in [5, 5.41) is 6.30. The largest absolute Gasteiger partial charge is 0.345 e. The molecule has 2 atom stereocenters. The Balaban J connectivity index is 2.80. The topological polar surface area (TPSA) is 84.2 Å². The summed E-state index contributed by atoms with van der Waals surface area (Å²) in [5.41, 5.74) is 6.39. The van der Waals surface area contributed by atoms with E-state index in [4.69, 9.17) is 5.73 Å². The standard InChI is InChI=1S/C20H33N3O2/c1-15(24)17(12-8-9-13-21)22-19(25)18(23-20(2,3)4)14-16-10-6-5-7-11-16/h5-7,10-11,17-18,23H,8-9,12-14,21H2,1-4H3,(H,22,25). The maximum Gasteiger partial charge on any atom is 0.238 e. The van der Waals surface area contributed by atoms with Crippen molar-refractivity contribution >= 4 is 11.7 Å². The Kier molecular flexibility index (Phi) is 8.79. The number of amides is 1. The number of hydrogen-bond acceptors (Lipinski definition) is 4. The van der Waals surface area contributed by atoms with Crippen molar-refractivity contribution in [3.63, 3.8) is 0 Å². The first kappa shape index (κ1) is 21.3. The molecule has 0 bridgehead atoms. The van der Waals surface area contributed by atoms with Crippen LogP contribution >= 0.6 is 0 Å². The highest BCUT2D eigenvalue weighted by Crippen LogP contribution is 2.10. The number of ketones is 1. The highest BCUT2D eigenvalue weighted by molar-refractivity contribution is 5.89. The van der Waals surface area contributed by atoms with E-state index in [0.29, 0.717) is 19.4 Å².